The Morgan fingerprint density at radius 3 is 2.94 bits per heavy atom. The number of imidazole rings is 1. The smallest absolute Gasteiger partial charge is 0.194 e. The summed E-state index contributed by atoms with van der Waals surface area (Å²) in [5.74, 6) is 1.36. The van der Waals surface area contributed by atoms with E-state index in [2.05, 4.69) is 9.55 Å². The van der Waals surface area contributed by atoms with E-state index >= 15 is 0 Å². The maximum Gasteiger partial charge on any atom is 0.194 e. The lowest BCUT2D eigenvalue weighted by Gasteiger charge is -2.21. The fraction of sp³-hybridized carbons (Fsp3) is 0.364. The highest BCUT2D eigenvalue weighted by Gasteiger charge is 2.24. The Kier molecular flexibility index (Phi) is 2.65. The molecule has 3 rings (SSSR count). The van der Waals surface area contributed by atoms with Gasteiger partial charge < -0.3 is 14.7 Å². The molecule has 1 atom stereocenters. The van der Waals surface area contributed by atoms with Crippen molar-refractivity contribution in [3.05, 3.63) is 28.2 Å². The summed E-state index contributed by atoms with van der Waals surface area (Å²) in [6, 6.07) is 3.65. The van der Waals surface area contributed by atoms with Crippen LogP contribution in [0, 0.1) is 0 Å². The standard InChI is InChI=1S/C11H11Cl2N3O/c12-9-2-1-8(17-9)11-15-10(13)7-5-6(14)3-4-16(7)11/h1-2,6H,3-5,14H2. The number of hydrogen-bond acceptors (Lipinski definition) is 3. The van der Waals surface area contributed by atoms with Crippen molar-refractivity contribution < 1.29 is 4.42 Å². The molecule has 0 saturated carbocycles. The third-order valence-corrected chi connectivity index (χ3v) is 3.50. The second-order valence-electron chi connectivity index (χ2n) is 4.18. The van der Waals surface area contributed by atoms with Gasteiger partial charge in [-0.25, -0.2) is 4.98 Å². The van der Waals surface area contributed by atoms with Gasteiger partial charge >= 0.3 is 0 Å². The molecule has 0 bridgehead atoms. The molecule has 1 unspecified atom stereocenters. The maximum absolute atomic E-state index is 6.12. The van der Waals surface area contributed by atoms with Gasteiger partial charge in [0, 0.05) is 19.0 Å². The van der Waals surface area contributed by atoms with Crippen LogP contribution in [-0.4, -0.2) is 15.6 Å². The first-order chi connectivity index (χ1) is 8.15. The largest absolute Gasteiger partial charge is 0.441 e. The van der Waals surface area contributed by atoms with Crippen LogP contribution in [0.4, 0.5) is 0 Å². The van der Waals surface area contributed by atoms with Crippen LogP contribution in [0.2, 0.25) is 10.4 Å². The van der Waals surface area contributed by atoms with Crippen LogP contribution < -0.4 is 5.73 Å². The summed E-state index contributed by atoms with van der Waals surface area (Å²) in [7, 11) is 0. The number of nitrogens with two attached hydrogens (primary N) is 1. The van der Waals surface area contributed by atoms with Gasteiger partial charge in [-0.2, -0.15) is 0 Å². The Morgan fingerprint density at radius 1 is 1.41 bits per heavy atom. The topological polar surface area (TPSA) is 57.0 Å². The Morgan fingerprint density at radius 2 is 2.24 bits per heavy atom. The van der Waals surface area contributed by atoms with Crippen molar-refractivity contribution in [2.24, 2.45) is 5.73 Å². The lowest BCUT2D eigenvalue weighted by atomic mass is 10.1. The van der Waals surface area contributed by atoms with Gasteiger partial charge in [0.25, 0.3) is 0 Å². The van der Waals surface area contributed by atoms with Crippen molar-refractivity contribution in [3.8, 4) is 11.6 Å². The van der Waals surface area contributed by atoms with Crippen molar-refractivity contribution >= 4 is 23.2 Å². The zero-order chi connectivity index (χ0) is 12.0. The molecule has 1 aliphatic rings. The molecule has 4 nitrogen and oxygen atoms in total. The van der Waals surface area contributed by atoms with E-state index in [-0.39, 0.29) is 6.04 Å². The first kappa shape index (κ1) is 11.1. The highest BCUT2D eigenvalue weighted by atomic mass is 35.5. The summed E-state index contributed by atoms with van der Waals surface area (Å²) in [6.45, 7) is 0.809. The highest BCUT2D eigenvalue weighted by Crippen LogP contribution is 2.31. The molecule has 2 aromatic heterocycles. The molecule has 0 fully saturated rings. The van der Waals surface area contributed by atoms with Crippen LogP contribution in [-0.2, 0) is 13.0 Å². The van der Waals surface area contributed by atoms with Gasteiger partial charge in [0.15, 0.2) is 22.0 Å². The first-order valence-corrected chi connectivity index (χ1v) is 6.17. The van der Waals surface area contributed by atoms with Crippen LogP contribution >= 0.6 is 23.2 Å². The second kappa shape index (κ2) is 4.05. The number of rotatable bonds is 1. The lowest BCUT2D eigenvalue weighted by Crippen LogP contribution is -2.30. The minimum absolute atomic E-state index is 0.157. The van der Waals surface area contributed by atoms with Gasteiger partial charge in [-0.1, -0.05) is 11.6 Å². The summed E-state index contributed by atoms with van der Waals surface area (Å²) < 4.78 is 7.42. The average Bonchev–Trinajstić information content (AvgIpc) is 2.84. The molecule has 17 heavy (non-hydrogen) atoms. The third kappa shape index (κ3) is 1.86. The number of nitrogens with zero attached hydrogens (tertiary/aromatic N) is 2. The third-order valence-electron chi connectivity index (χ3n) is 3.00. The Labute approximate surface area is 108 Å². The number of hydrogen-bond donors (Lipinski definition) is 1. The summed E-state index contributed by atoms with van der Waals surface area (Å²) in [5.41, 5.74) is 6.91. The molecule has 0 radical (unpaired) electrons. The predicted octanol–water partition coefficient (Wildman–Crippen LogP) is 2.72. The van der Waals surface area contributed by atoms with E-state index < -0.39 is 0 Å². The molecule has 3 heterocycles. The van der Waals surface area contributed by atoms with Gasteiger partial charge in [0.1, 0.15) is 0 Å². The molecule has 0 aliphatic carbocycles. The molecule has 1 aliphatic heterocycles. The first-order valence-electron chi connectivity index (χ1n) is 5.41. The Balaban J connectivity index is 2.10. The molecule has 90 valence electrons. The molecule has 2 aromatic rings. The van der Waals surface area contributed by atoms with Crippen LogP contribution in [0.3, 0.4) is 0 Å². The van der Waals surface area contributed by atoms with Gasteiger partial charge in [-0.05, 0) is 30.2 Å². The Bertz CT molecular complexity index is 561. The monoisotopic (exact) mass is 271 g/mol. The maximum atomic E-state index is 6.12. The fourth-order valence-corrected chi connectivity index (χ4v) is 2.57. The van der Waals surface area contributed by atoms with E-state index in [1.165, 1.54) is 0 Å². The Hall–Kier alpha value is -0.970. The molecule has 0 amide bonds. The predicted molar refractivity (Wildman–Crippen MR) is 66.2 cm³/mol. The second-order valence-corrected chi connectivity index (χ2v) is 4.91. The molecule has 6 heteroatoms. The van der Waals surface area contributed by atoms with E-state index in [0.29, 0.717) is 16.1 Å². The van der Waals surface area contributed by atoms with E-state index in [1.807, 2.05) is 0 Å². The van der Waals surface area contributed by atoms with Crippen LogP contribution in [0.1, 0.15) is 12.1 Å². The summed E-state index contributed by atoms with van der Waals surface area (Å²) in [6.07, 6.45) is 1.67. The van der Waals surface area contributed by atoms with Gasteiger partial charge in [-0.3, -0.25) is 0 Å². The minimum atomic E-state index is 0.157. The van der Waals surface area contributed by atoms with Crippen LogP contribution in [0.25, 0.3) is 11.6 Å². The van der Waals surface area contributed by atoms with E-state index in [4.69, 9.17) is 33.4 Å². The minimum Gasteiger partial charge on any atom is -0.441 e. The van der Waals surface area contributed by atoms with E-state index in [0.717, 1.165) is 30.9 Å². The molecule has 0 aromatic carbocycles. The SMILES string of the molecule is NC1CCn2c(-c3ccc(Cl)o3)nc(Cl)c2C1. The van der Waals surface area contributed by atoms with Gasteiger partial charge in [-0.15, -0.1) is 0 Å². The van der Waals surface area contributed by atoms with Crippen molar-refractivity contribution in [2.75, 3.05) is 0 Å². The van der Waals surface area contributed by atoms with Gasteiger partial charge in [0.2, 0.25) is 0 Å². The quantitative estimate of drug-likeness (QED) is 0.868. The van der Waals surface area contributed by atoms with Crippen molar-refractivity contribution in [2.45, 2.75) is 25.4 Å². The number of halogens is 2. The van der Waals surface area contributed by atoms with Gasteiger partial charge in [0.05, 0.1) is 5.69 Å². The number of aromatic nitrogens is 2. The van der Waals surface area contributed by atoms with Crippen LogP contribution in [0.15, 0.2) is 16.5 Å². The van der Waals surface area contributed by atoms with E-state index in [1.54, 1.807) is 12.1 Å². The normalized spacial score (nSPS) is 19.4. The zero-order valence-electron chi connectivity index (χ0n) is 8.99. The van der Waals surface area contributed by atoms with Crippen molar-refractivity contribution in [1.29, 1.82) is 0 Å². The van der Waals surface area contributed by atoms with Crippen molar-refractivity contribution in [1.82, 2.24) is 9.55 Å². The number of furan rings is 1. The molecule has 0 saturated heterocycles. The summed E-state index contributed by atoms with van der Waals surface area (Å²) in [5, 5.41) is 0.851. The van der Waals surface area contributed by atoms with Crippen molar-refractivity contribution in [3.63, 3.8) is 0 Å². The highest BCUT2D eigenvalue weighted by molar-refractivity contribution is 6.30. The lowest BCUT2D eigenvalue weighted by molar-refractivity contribution is 0.469. The molecule has 2 N–H and O–H groups in total. The van der Waals surface area contributed by atoms with Crippen LogP contribution in [0.5, 0.6) is 0 Å². The zero-order valence-corrected chi connectivity index (χ0v) is 10.5. The van der Waals surface area contributed by atoms with E-state index in [9.17, 15) is 0 Å². The summed E-state index contributed by atoms with van der Waals surface area (Å²) >= 11 is 11.9. The molecular weight excluding hydrogens is 261 g/mol. The summed E-state index contributed by atoms with van der Waals surface area (Å²) in [4.78, 5) is 4.33. The molecular formula is C11H11Cl2N3O. The molecule has 0 spiro atoms. The average molecular weight is 272 g/mol. The number of fused-ring (bicyclic) bond motifs is 1. The fourth-order valence-electron chi connectivity index (χ4n) is 2.16.